The number of nitrogens with one attached hydrogen (secondary N) is 3. The number of halogens is 1. The van der Waals surface area contributed by atoms with Crippen molar-refractivity contribution in [1.29, 1.82) is 0 Å². The van der Waals surface area contributed by atoms with Crippen LogP contribution in [0.2, 0.25) is 0 Å². The second-order valence-electron chi connectivity index (χ2n) is 10.7. The van der Waals surface area contributed by atoms with Crippen molar-refractivity contribution in [3.05, 3.63) is 101 Å². The molecule has 0 atom stereocenters. The molecule has 7 heteroatoms. The molecule has 1 heterocycles. The Hall–Kier alpha value is -3.42. The summed E-state index contributed by atoms with van der Waals surface area (Å²) in [6.07, 6.45) is 1.41. The highest BCUT2D eigenvalue weighted by Gasteiger charge is 2.23. The van der Waals surface area contributed by atoms with Gasteiger partial charge in [0.15, 0.2) is 0 Å². The number of amides is 1. The molecule has 1 aliphatic rings. The summed E-state index contributed by atoms with van der Waals surface area (Å²) >= 11 is 0. The Labute approximate surface area is 231 Å². The van der Waals surface area contributed by atoms with Crippen molar-refractivity contribution in [3.8, 4) is 0 Å². The van der Waals surface area contributed by atoms with Crippen LogP contribution in [0, 0.1) is 11.7 Å². The fourth-order valence-corrected chi connectivity index (χ4v) is 4.67. The lowest BCUT2D eigenvalue weighted by atomic mass is 10.0. The minimum Gasteiger partial charge on any atom is -0.445 e. The number of benzene rings is 3. The van der Waals surface area contributed by atoms with E-state index in [1.807, 2.05) is 36.4 Å². The number of carbonyl (C=O) groups excluding carboxylic acids is 1. The summed E-state index contributed by atoms with van der Waals surface area (Å²) in [5, 5.41) is 10.5. The first-order valence-electron chi connectivity index (χ1n) is 14.0. The third-order valence-electron chi connectivity index (χ3n) is 7.02. The van der Waals surface area contributed by atoms with E-state index < -0.39 is 0 Å². The van der Waals surface area contributed by atoms with Gasteiger partial charge in [0.1, 0.15) is 12.4 Å². The molecule has 39 heavy (non-hydrogen) atoms. The second kappa shape index (κ2) is 14.7. The lowest BCUT2D eigenvalue weighted by Gasteiger charge is -2.32. The molecule has 0 spiro atoms. The molecule has 3 aromatic rings. The van der Waals surface area contributed by atoms with Gasteiger partial charge in [0.2, 0.25) is 0 Å². The number of nitrogens with zero attached hydrogens (tertiary/aromatic N) is 1. The summed E-state index contributed by atoms with van der Waals surface area (Å²) in [6, 6.07) is 23.5. The van der Waals surface area contributed by atoms with Crippen molar-refractivity contribution in [2.75, 3.05) is 25.0 Å². The number of piperidine rings is 1. The number of hydrogen-bond acceptors (Lipinski definition) is 5. The average molecular weight is 533 g/mol. The molecule has 0 aromatic heterocycles. The van der Waals surface area contributed by atoms with Crippen molar-refractivity contribution < 1.29 is 13.9 Å². The topological polar surface area (TPSA) is 65.6 Å². The van der Waals surface area contributed by atoms with Crippen LogP contribution in [0.5, 0.6) is 0 Å². The zero-order valence-corrected chi connectivity index (χ0v) is 23.1. The van der Waals surface area contributed by atoms with Crippen LogP contribution in [0.4, 0.5) is 14.9 Å². The molecule has 1 aliphatic heterocycles. The molecule has 1 saturated heterocycles. The van der Waals surface area contributed by atoms with E-state index in [2.05, 4.69) is 54.1 Å². The summed E-state index contributed by atoms with van der Waals surface area (Å²) in [7, 11) is 0. The minimum atomic E-state index is -0.266. The molecule has 0 radical (unpaired) electrons. The maximum Gasteiger partial charge on any atom is 0.410 e. The minimum absolute atomic E-state index is 0.226. The molecule has 4 rings (SSSR count). The lowest BCUT2D eigenvalue weighted by Crippen LogP contribution is -2.45. The molecule has 0 unspecified atom stereocenters. The van der Waals surface area contributed by atoms with E-state index in [1.54, 1.807) is 11.0 Å². The fraction of sp³-hybridized carbons (Fsp3) is 0.406. The van der Waals surface area contributed by atoms with E-state index in [0.717, 1.165) is 48.3 Å². The van der Waals surface area contributed by atoms with E-state index in [9.17, 15) is 9.18 Å². The fourth-order valence-electron chi connectivity index (χ4n) is 4.67. The third-order valence-corrected chi connectivity index (χ3v) is 7.02. The summed E-state index contributed by atoms with van der Waals surface area (Å²) in [5.41, 5.74) is 5.37. The van der Waals surface area contributed by atoms with Crippen molar-refractivity contribution in [2.24, 2.45) is 5.92 Å². The van der Waals surface area contributed by atoms with Crippen molar-refractivity contribution in [1.82, 2.24) is 15.5 Å². The Morgan fingerprint density at radius 2 is 1.67 bits per heavy atom. The van der Waals surface area contributed by atoms with Crippen LogP contribution in [0.3, 0.4) is 0 Å². The molecule has 3 N–H and O–H groups in total. The molecular formula is C32H41FN4O2. The van der Waals surface area contributed by atoms with Crippen molar-refractivity contribution in [3.63, 3.8) is 0 Å². The summed E-state index contributed by atoms with van der Waals surface area (Å²) in [4.78, 5) is 14.2. The lowest BCUT2D eigenvalue weighted by molar-refractivity contribution is 0.0852. The van der Waals surface area contributed by atoms with Crippen LogP contribution in [0.15, 0.2) is 72.8 Å². The highest BCUT2D eigenvalue weighted by molar-refractivity contribution is 5.67. The van der Waals surface area contributed by atoms with Crippen LogP contribution in [-0.2, 0) is 31.0 Å². The van der Waals surface area contributed by atoms with E-state index in [1.165, 1.54) is 11.6 Å². The quantitative estimate of drug-likeness (QED) is 0.264. The van der Waals surface area contributed by atoms with Gasteiger partial charge >= 0.3 is 6.09 Å². The number of hydrogen-bond donors (Lipinski definition) is 3. The predicted molar refractivity (Wildman–Crippen MR) is 155 cm³/mol. The number of carbonyl (C=O) groups is 1. The Kier molecular flexibility index (Phi) is 10.7. The molecule has 0 aliphatic carbocycles. The van der Waals surface area contributed by atoms with Gasteiger partial charge in [-0.1, -0.05) is 62.4 Å². The third kappa shape index (κ3) is 9.37. The number of rotatable bonds is 12. The van der Waals surface area contributed by atoms with E-state index in [0.29, 0.717) is 32.1 Å². The number of anilines is 1. The Balaban J connectivity index is 1.20. The Morgan fingerprint density at radius 3 is 2.38 bits per heavy atom. The summed E-state index contributed by atoms with van der Waals surface area (Å²) in [6.45, 7) is 8.93. The average Bonchev–Trinajstić information content (AvgIpc) is 2.96. The Bertz CT molecular complexity index is 1160. The van der Waals surface area contributed by atoms with Gasteiger partial charge in [0, 0.05) is 51.0 Å². The number of ether oxygens (including phenoxy) is 1. The van der Waals surface area contributed by atoms with Gasteiger partial charge < -0.3 is 25.6 Å². The monoisotopic (exact) mass is 532 g/mol. The zero-order valence-electron chi connectivity index (χ0n) is 23.1. The molecular weight excluding hydrogens is 491 g/mol. The van der Waals surface area contributed by atoms with Crippen molar-refractivity contribution >= 4 is 11.8 Å². The highest BCUT2D eigenvalue weighted by Crippen LogP contribution is 2.17. The van der Waals surface area contributed by atoms with Crippen LogP contribution in [0.1, 0.15) is 48.9 Å². The van der Waals surface area contributed by atoms with Crippen molar-refractivity contribution in [2.45, 2.75) is 59.0 Å². The highest BCUT2D eigenvalue weighted by atomic mass is 19.1. The van der Waals surface area contributed by atoms with E-state index in [-0.39, 0.29) is 24.6 Å². The van der Waals surface area contributed by atoms with Gasteiger partial charge in [0.05, 0.1) is 0 Å². The van der Waals surface area contributed by atoms with Crippen LogP contribution in [-0.4, -0.2) is 36.7 Å². The SMILES string of the molecule is CC(C)CNc1ccc(CNCc2ccc(F)cc2CNC2CCN(C(=O)OCc3ccccc3)CC2)cc1. The van der Waals surface area contributed by atoms with Gasteiger partial charge in [-0.15, -0.1) is 0 Å². The summed E-state index contributed by atoms with van der Waals surface area (Å²) < 4.78 is 19.5. The normalized spacial score (nSPS) is 14.0. The van der Waals surface area contributed by atoms with E-state index >= 15 is 0 Å². The molecule has 3 aromatic carbocycles. The maximum absolute atomic E-state index is 14.1. The molecule has 0 saturated carbocycles. The predicted octanol–water partition coefficient (Wildman–Crippen LogP) is 6.07. The van der Waals surface area contributed by atoms with Gasteiger partial charge in [-0.05, 0) is 65.3 Å². The largest absolute Gasteiger partial charge is 0.445 e. The van der Waals surface area contributed by atoms with Crippen LogP contribution < -0.4 is 16.0 Å². The van der Waals surface area contributed by atoms with E-state index in [4.69, 9.17) is 4.74 Å². The van der Waals surface area contributed by atoms with Gasteiger partial charge in [0.25, 0.3) is 0 Å². The zero-order chi connectivity index (χ0) is 27.5. The van der Waals surface area contributed by atoms with Gasteiger partial charge in [-0.3, -0.25) is 0 Å². The first-order chi connectivity index (χ1) is 19.0. The smallest absolute Gasteiger partial charge is 0.410 e. The molecule has 208 valence electrons. The standard InChI is InChI=1S/C32H41FN4O2/c1-24(2)19-35-30-12-8-25(9-13-30)20-34-21-27-10-11-29(33)18-28(27)22-36-31-14-16-37(17-15-31)32(38)39-23-26-6-4-3-5-7-26/h3-13,18,24,31,34-36H,14-17,19-23H2,1-2H3. The van der Waals surface area contributed by atoms with Crippen LogP contribution in [0.25, 0.3) is 0 Å². The second-order valence-corrected chi connectivity index (χ2v) is 10.7. The van der Waals surface area contributed by atoms with Gasteiger partial charge in [-0.2, -0.15) is 0 Å². The maximum atomic E-state index is 14.1. The van der Waals surface area contributed by atoms with Crippen LogP contribution >= 0.6 is 0 Å². The molecule has 1 amide bonds. The molecule has 1 fully saturated rings. The first-order valence-corrected chi connectivity index (χ1v) is 14.0. The number of likely N-dealkylation sites (tertiary alicyclic amines) is 1. The Morgan fingerprint density at radius 1 is 0.923 bits per heavy atom. The molecule has 0 bridgehead atoms. The first kappa shape index (κ1) is 28.6. The van der Waals surface area contributed by atoms with Gasteiger partial charge in [-0.25, -0.2) is 9.18 Å². The summed E-state index contributed by atoms with van der Waals surface area (Å²) in [5.74, 6) is 0.378. The molecule has 6 nitrogen and oxygen atoms in total.